The summed E-state index contributed by atoms with van der Waals surface area (Å²) in [5, 5.41) is 5.85. The Labute approximate surface area is 118 Å². The van der Waals surface area contributed by atoms with E-state index in [2.05, 4.69) is 56.6 Å². The molecule has 2 atom stereocenters. The first-order valence-corrected chi connectivity index (χ1v) is 8.11. The zero-order valence-corrected chi connectivity index (χ0v) is 13.1. The van der Waals surface area contributed by atoms with Crippen molar-refractivity contribution in [3.05, 3.63) is 43.8 Å². The SMILES string of the molecule is Cc1cc(C(C)NC(C)Cc2cccs2)c(C)s1. The van der Waals surface area contributed by atoms with Crippen LogP contribution in [0.3, 0.4) is 0 Å². The lowest BCUT2D eigenvalue weighted by molar-refractivity contribution is 0.479. The highest BCUT2D eigenvalue weighted by Gasteiger charge is 2.14. The van der Waals surface area contributed by atoms with Crippen LogP contribution in [0.25, 0.3) is 0 Å². The van der Waals surface area contributed by atoms with Crippen molar-refractivity contribution in [2.45, 2.75) is 46.2 Å². The zero-order valence-electron chi connectivity index (χ0n) is 11.5. The van der Waals surface area contributed by atoms with Crippen molar-refractivity contribution in [2.24, 2.45) is 0 Å². The predicted molar refractivity (Wildman–Crippen MR) is 82.8 cm³/mol. The van der Waals surface area contributed by atoms with E-state index in [4.69, 9.17) is 0 Å². The molecule has 0 aliphatic heterocycles. The zero-order chi connectivity index (χ0) is 13.1. The van der Waals surface area contributed by atoms with Crippen LogP contribution in [-0.4, -0.2) is 6.04 Å². The molecule has 0 radical (unpaired) electrons. The summed E-state index contributed by atoms with van der Waals surface area (Å²) in [7, 11) is 0. The van der Waals surface area contributed by atoms with E-state index in [1.54, 1.807) is 0 Å². The molecule has 0 bridgehead atoms. The molecule has 0 aromatic carbocycles. The maximum Gasteiger partial charge on any atom is 0.0305 e. The Morgan fingerprint density at radius 2 is 2.06 bits per heavy atom. The highest BCUT2D eigenvalue weighted by atomic mass is 32.1. The van der Waals surface area contributed by atoms with Gasteiger partial charge in [0.05, 0.1) is 0 Å². The molecule has 0 amide bonds. The van der Waals surface area contributed by atoms with Crippen LogP contribution >= 0.6 is 22.7 Å². The maximum absolute atomic E-state index is 3.70. The van der Waals surface area contributed by atoms with E-state index >= 15 is 0 Å². The molecular formula is C15H21NS2. The number of hydrogen-bond acceptors (Lipinski definition) is 3. The van der Waals surface area contributed by atoms with E-state index in [1.165, 1.54) is 20.2 Å². The van der Waals surface area contributed by atoms with Crippen LogP contribution in [0.1, 0.15) is 40.1 Å². The smallest absolute Gasteiger partial charge is 0.0305 e. The third-order valence-electron chi connectivity index (χ3n) is 3.17. The summed E-state index contributed by atoms with van der Waals surface area (Å²) in [4.78, 5) is 4.30. The lowest BCUT2D eigenvalue weighted by Gasteiger charge is -2.19. The lowest BCUT2D eigenvalue weighted by atomic mass is 10.1. The number of thiophene rings is 2. The van der Waals surface area contributed by atoms with Crippen LogP contribution < -0.4 is 5.32 Å². The Bertz CT molecular complexity index is 485. The second-order valence-corrected chi connectivity index (χ2v) is 7.43. The summed E-state index contributed by atoms with van der Waals surface area (Å²) in [5.74, 6) is 0. The minimum Gasteiger partial charge on any atom is -0.307 e. The van der Waals surface area contributed by atoms with E-state index in [-0.39, 0.29) is 0 Å². The molecule has 18 heavy (non-hydrogen) atoms. The van der Waals surface area contributed by atoms with Gasteiger partial charge in [0.25, 0.3) is 0 Å². The molecule has 2 heterocycles. The molecule has 0 spiro atoms. The third-order valence-corrected chi connectivity index (χ3v) is 5.05. The van der Waals surface area contributed by atoms with E-state index in [0.717, 1.165) is 6.42 Å². The van der Waals surface area contributed by atoms with Crippen molar-refractivity contribution in [1.82, 2.24) is 5.32 Å². The fourth-order valence-electron chi connectivity index (χ4n) is 2.39. The van der Waals surface area contributed by atoms with Gasteiger partial charge < -0.3 is 5.32 Å². The normalized spacial score (nSPS) is 14.7. The molecule has 0 fully saturated rings. The fraction of sp³-hybridized carbons (Fsp3) is 0.467. The highest BCUT2D eigenvalue weighted by molar-refractivity contribution is 7.12. The summed E-state index contributed by atoms with van der Waals surface area (Å²) in [6, 6.07) is 7.61. The maximum atomic E-state index is 3.70. The van der Waals surface area contributed by atoms with E-state index in [9.17, 15) is 0 Å². The average molecular weight is 279 g/mol. The predicted octanol–water partition coefficient (Wildman–Crippen LogP) is 4.71. The molecule has 98 valence electrons. The molecule has 1 nitrogen and oxygen atoms in total. The standard InChI is InChI=1S/C15H21NS2/c1-10(8-14-6-5-7-17-14)16-12(3)15-9-11(2)18-13(15)4/h5-7,9-10,12,16H,8H2,1-4H3. The first kappa shape index (κ1) is 13.8. The molecule has 3 heteroatoms. The van der Waals surface area contributed by atoms with Gasteiger partial charge in [0.15, 0.2) is 0 Å². The molecule has 2 unspecified atom stereocenters. The topological polar surface area (TPSA) is 12.0 Å². The average Bonchev–Trinajstić information content (AvgIpc) is 2.88. The third kappa shape index (κ3) is 3.44. The quantitative estimate of drug-likeness (QED) is 0.836. The van der Waals surface area contributed by atoms with Gasteiger partial charge in [-0.25, -0.2) is 0 Å². The number of hydrogen-bond donors (Lipinski definition) is 1. The second kappa shape index (κ2) is 6.00. The van der Waals surface area contributed by atoms with Crippen LogP contribution in [0.5, 0.6) is 0 Å². The van der Waals surface area contributed by atoms with Crippen LogP contribution in [0.4, 0.5) is 0 Å². The van der Waals surface area contributed by atoms with Crippen molar-refractivity contribution in [2.75, 3.05) is 0 Å². The first-order valence-electron chi connectivity index (χ1n) is 6.41. The van der Waals surface area contributed by atoms with Crippen LogP contribution in [0, 0.1) is 13.8 Å². The Morgan fingerprint density at radius 3 is 2.61 bits per heavy atom. The van der Waals surface area contributed by atoms with Gasteiger partial charge in [-0.2, -0.15) is 0 Å². The molecule has 2 aromatic heterocycles. The monoisotopic (exact) mass is 279 g/mol. The van der Waals surface area contributed by atoms with Crippen molar-refractivity contribution < 1.29 is 0 Å². The molecule has 1 N–H and O–H groups in total. The van der Waals surface area contributed by atoms with Gasteiger partial charge in [0.1, 0.15) is 0 Å². The van der Waals surface area contributed by atoms with Gasteiger partial charge in [-0.15, -0.1) is 22.7 Å². The van der Waals surface area contributed by atoms with Crippen LogP contribution in [-0.2, 0) is 6.42 Å². The Kier molecular flexibility index (Phi) is 4.60. The summed E-state index contributed by atoms with van der Waals surface area (Å²) in [6.07, 6.45) is 1.12. The molecule has 0 aliphatic carbocycles. The molecule has 2 aromatic rings. The molecule has 0 aliphatic rings. The van der Waals surface area contributed by atoms with Gasteiger partial charge >= 0.3 is 0 Å². The van der Waals surface area contributed by atoms with Crippen molar-refractivity contribution >= 4 is 22.7 Å². The second-order valence-electron chi connectivity index (χ2n) is 4.94. The number of aryl methyl sites for hydroxylation is 2. The largest absolute Gasteiger partial charge is 0.307 e. The summed E-state index contributed by atoms with van der Waals surface area (Å²) >= 11 is 3.74. The number of nitrogens with one attached hydrogen (secondary N) is 1. The minimum absolute atomic E-state index is 0.435. The van der Waals surface area contributed by atoms with Gasteiger partial charge in [0.2, 0.25) is 0 Å². The summed E-state index contributed by atoms with van der Waals surface area (Å²) < 4.78 is 0. The van der Waals surface area contributed by atoms with E-state index < -0.39 is 0 Å². The molecule has 2 rings (SSSR count). The highest BCUT2D eigenvalue weighted by Crippen LogP contribution is 2.26. The van der Waals surface area contributed by atoms with E-state index in [1.807, 2.05) is 22.7 Å². The molecular weight excluding hydrogens is 258 g/mol. The summed E-state index contributed by atoms with van der Waals surface area (Å²) in [5.41, 5.74) is 1.45. The van der Waals surface area contributed by atoms with Gasteiger partial charge in [0, 0.05) is 26.7 Å². The van der Waals surface area contributed by atoms with Crippen LogP contribution in [0.2, 0.25) is 0 Å². The van der Waals surface area contributed by atoms with Crippen LogP contribution in [0.15, 0.2) is 23.6 Å². The number of rotatable bonds is 5. The van der Waals surface area contributed by atoms with Gasteiger partial charge in [-0.3, -0.25) is 0 Å². The van der Waals surface area contributed by atoms with Crippen molar-refractivity contribution in [3.63, 3.8) is 0 Å². The first-order chi connectivity index (χ1) is 8.56. The minimum atomic E-state index is 0.435. The fourth-order valence-corrected chi connectivity index (χ4v) is 4.24. The summed E-state index contributed by atoms with van der Waals surface area (Å²) in [6.45, 7) is 8.93. The molecule has 0 saturated carbocycles. The Morgan fingerprint density at radius 1 is 1.28 bits per heavy atom. The Hall–Kier alpha value is -0.640. The van der Waals surface area contributed by atoms with Crippen molar-refractivity contribution in [1.29, 1.82) is 0 Å². The molecule has 0 saturated heterocycles. The van der Waals surface area contributed by atoms with Crippen molar-refractivity contribution in [3.8, 4) is 0 Å². The lowest BCUT2D eigenvalue weighted by Crippen LogP contribution is -2.30. The van der Waals surface area contributed by atoms with E-state index in [0.29, 0.717) is 12.1 Å². The van der Waals surface area contributed by atoms with Gasteiger partial charge in [-0.05, 0) is 57.2 Å². The Balaban J connectivity index is 1.94. The van der Waals surface area contributed by atoms with Gasteiger partial charge in [-0.1, -0.05) is 6.07 Å².